The molecule has 0 unspecified atom stereocenters. The fraction of sp³-hybridized carbons (Fsp3) is 0.611. The van der Waals surface area contributed by atoms with Crippen molar-refractivity contribution in [1.82, 2.24) is 15.5 Å². The van der Waals surface area contributed by atoms with Crippen LogP contribution in [0, 0.1) is 0 Å². The molecule has 1 amide bonds. The Morgan fingerprint density at radius 3 is 2.83 bits per heavy atom. The van der Waals surface area contributed by atoms with E-state index >= 15 is 0 Å². The van der Waals surface area contributed by atoms with Crippen molar-refractivity contribution in [3.05, 3.63) is 35.9 Å². The molecule has 0 bridgehead atoms. The molecule has 5 heteroatoms. The molecule has 1 saturated heterocycles. The molecule has 1 heterocycles. The molecule has 126 valence electrons. The van der Waals surface area contributed by atoms with E-state index in [1.54, 1.807) is 0 Å². The number of carbonyl (C=O) groups excluding carboxylic acids is 1. The standard InChI is InChI=1S/C18H27N3O2/c1-21-9-10-23-16(13-21)11-19-12-17(22)20-14-18(7-8-18)15-5-3-2-4-6-15/h2-6,16,19H,7-14H2,1H3,(H,20,22)/t16-/m1/s1. The number of nitrogens with one attached hydrogen (secondary N) is 2. The van der Waals surface area contributed by atoms with Crippen molar-refractivity contribution in [2.75, 3.05) is 46.4 Å². The van der Waals surface area contributed by atoms with Gasteiger partial charge in [0.25, 0.3) is 0 Å². The van der Waals surface area contributed by atoms with E-state index in [9.17, 15) is 4.79 Å². The van der Waals surface area contributed by atoms with Gasteiger partial charge >= 0.3 is 0 Å². The summed E-state index contributed by atoms with van der Waals surface area (Å²) >= 11 is 0. The fourth-order valence-electron chi connectivity index (χ4n) is 3.18. The number of rotatable bonds is 7. The van der Waals surface area contributed by atoms with Crippen LogP contribution < -0.4 is 10.6 Å². The number of morpholine rings is 1. The van der Waals surface area contributed by atoms with Gasteiger partial charge in [0, 0.05) is 31.6 Å². The van der Waals surface area contributed by atoms with Crippen molar-refractivity contribution in [3.63, 3.8) is 0 Å². The molecule has 5 nitrogen and oxygen atoms in total. The molecule has 0 spiro atoms. The summed E-state index contributed by atoms with van der Waals surface area (Å²) in [6.07, 6.45) is 2.50. The number of carbonyl (C=O) groups is 1. The molecule has 2 fully saturated rings. The zero-order valence-corrected chi connectivity index (χ0v) is 13.9. The van der Waals surface area contributed by atoms with Crippen molar-refractivity contribution in [3.8, 4) is 0 Å². The van der Waals surface area contributed by atoms with Gasteiger partial charge in [0.05, 0.1) is 19.3 Å². The second-order valence-electron chi connectivity index (χ2n) is 6.81. The minimum Gasteiger partial charge on any atom is -0.374 e. The fourth-order valence-corrected chi connectivity index (χ4v) is 3.18. The zero-order chi connectivity index (χ0) is 16.1. The van der Waals surface area contributed by atoms with E-state index < -0.39 is 0 Å². The van der Waals surface area contributed by atoms with Crippen LogP contribution in [0.2, 0.25) is 0 Å². The minimum atomic E-state index is 0.0661. The lowest BCUT2D eigenvalue weighted by molar-refractivity contribution is -0.120. The molecule has 1 atom stereocenters. The van der Waals surface area contributed by atoms with E-state index in [0.717, 1.165) is 45.6 Å². The maximum Gasteiger partial charge on any atom is 0.233 e. The molecule has 1 saturated carbocycles. The number of hydrogen-bond acceptors (Lipinski definition) is 4. The maximum atomic E-state index is 12.0. The third-order valence-electron chi connectivity index (χ3n) is 4.86. The molecule has 23 heavy (non-hydrogen) atoms. The van der Waals surface area contributed by atoms with Gasteiger partial charge in [-0.2, -0.15) is 0 Å². The number of hydrogen-bond donors (Lipinski definition) is 2. The Bertz CT molecular complexity index is 516. The van der Waals surface area contributed by atoms with Crippen molar-refractivity contribution in [2.24, 2.45) is 0 Å². The van der Waals surface area contributed by atoms with Gasteiger partial charge in [0.15, 0.2) is 0 Å². The lowest BCUT2D eigenvalue weighted by atomic mass is 9.96. The Morgan fingerprint density at radius 1 is 1.35 bits per heavy atom. The van der Waals surface area contributed by atoms with Crippen LogP contribution in [0.4, 0.5) is 0 Å². The first-order valence-electron chi connectivity index (χ1n) is 8.51. The van der Waals surface area contributed by atoms with Crippen LogP contribution in [-0.2, 0) is 14.9 Å². The van der Waals surface area contributed by atoms with Crippen molar-refractivity contribution in [1.29, 1.82) is 0 Å². The molecular weight excluding hydrogens is 290 g/mol. The van der Waals surface area contributed by atoms with Crippen molar-refractivity contribution in [2.45, 2.75) is 24.4 Å². The van der Waals surface area contributed by atoms with Crippen LogP contribution in [0.1, 0.15) is 18.4 Å². The van der Waals surface area contributed by atoms with Gasteiger partial charge in [-0.05, 0) is 25.5 Å². The Hall–Kier alpha value is -1.43. The van der Waals surface area contributed by atoms with Crippen LogP contribution in [0.3, 0.4) is 0 Å². The third kappa shape index (κ3) is 4.53. The summed E-state index contributed by atoms with van der Waals surface area (Å²) in [7, 11) is 2.10. The Balaban J connectivity index is 1.35. The molecule has 0 aromatic heterocycles. The van der Waals surface area contributed by atoms with Crippen LogP contribution in [0.15, 0.2) is 30.3 Å². The number of likely N-dealkylation sites (N-methyl/N-ethyl adjacent to an activating group) is 1. The molecule has 1 aliphatic carbocycles. The lowest BCUT2D eigenvalue weighted by Gasteiger charge is -2.30. The average molecular weight is 317 g/mol. The Labute approximate surface area is 138 Å². The van der Waals surface area contributed by atoms with E-state index in [1.165, 1.54) is 5.56 Å². The summed E-state index contributed by atoms with van der Waals surface area (Å²) in [5, 5.41) is 6.29. The normalized spacial score (nSPS) is 23.4. The first-order chi connectivity index (χ1) is 11.2. The van der Waals surface area contributed by atoms with Gasteiger partial charge in [-0.25, -0.2) is 0 Å². The highest BCUT2D eigenvalue weighted by Gasteiger charge is 2.44. The average Bonchev–Trinajstić information content (AvgIpc) is 3.35. The van der Waals surface area contributed by atoms with Crippen LogP contribution in [0.25, 0.3) is 0 Å². The van der Waals surface area contributed by atoms with Gasteiger partial charge < -0.3 is 20.3 Å². The molecule has 1 aromatic carbocycles. The Kier molecular flexibility index (Phi) is 5.30. The SMILES string of the molecule is CN1CCO[C@H](CNCC(=O)NCC2(c3ccccc3)CC2)C1. The molecule has 0 radical (unpaired) electrons. The summed E-state index contributed by atoms with van der Waals surface area (Å²) < 4.78 is 5.68. The highest BCUT2D eigenvalue weighted by atomic mass is 16.5. The number of benzene rings is 1. The third-order valence-corrected chi connectivity index (χ3v) is 4.86. The van der Waals surface area contributed by atoms with Crippen LogP contribution in [-0.4, -0.2) is 63.3 Å². The number of nitrogens with zero attached hydrogens (tertiary/aromatic N) is 1. The lowest BCUT2D eigenvalue weighted by Crippen LogP contribution is -2.46. The van der Waals surface area contributed by atoms with E-state index in [-0.39, 0.29) is 17.4 Å². The predicted molar refractivity (Wildman–Crippen MR) is 90.5 cm³/mol. The molecule has 3 rings (SSSR count). The maximum absolute atomic E-state index is 12.0. The summed E-state index contributed by atoms with van der Waals surface area (Å²) in [6.45, 7) is 4.50. The summed E-state index contributed by atoms with van der Waals surface area (Å²) in [5.41, 5.74) is 1.51. The largest absolute Gasteiger partial charge is 0.374 e. The van der Waals surface area contributed by atoms with Crippen molar-refractivity contribution >= 4 is 5.91 Å². The van der Waals surface area contributed by atoms with Gasteiger partial charge in [0.1, 0.15) is 0 Å². The van der Waals surface area contributed by atoms with Gasteiger partial charge in [-0.3, -0.25) is 4.79 Å². The zero-order valence-electron chi connectivity index (χ0n) is 13.9. The second kappa shape index (κ2) is 7.43. The van der Waals surface area contributed by atoms with Crippen LogP contribution >= 0.6 is 0 Å². The quantitative estimate of drug-likeness (QED) is 0.779. The molecule has 1 aromatic rings. The summed E-state index contributed by atoms with van der Waals surface area (Å²) in [4.78, 5) is 14.3. The van der Waals surface area contributed by atoms with E-state index in [4.69, 9.17) is 4.74 Å². The summed E-state index contributed by atoms with van der Waals surface area (Å²) in [6, 6.07) is 10.5. The molecule has 2 N–H and O–H groups in total. The van der Waals surface area contributed by atoms with E-state index in [0.29, 0.717) is 6.54 Å². The van der Waals surface area contributed by atoms with Gasteiger partial charge in [-0.15, -0.1) is 0 Å². The molecule has 2 aliphatic rings. The number of ether oxygens (including phenoxy) is 1. The topological polar surface area (TPSA) is 53.6 Å². The highest BCUT2D eigenvalue weighted by molar-refractivity contribution is 5.78. The predicted octanol–water partition coefficient (Wildman–Crippen LogP) is 0.755. The first kappa shape index (κ1) is 16.4. The summed E-state index contributed by atoms with van der Waals surface area (Å²) in [5.74, 6) is 0.0661. The smallest absolute Gasteiger partial charge is 0.233 e. The first-order valence-corrected chi connectivity index (χ1v) is 8.51. The molecular formula is C18H27N3O2. The van der Waals surface area contributed by atoms with Crippen molar-refractivity contribution < 1.29 is 9.53 Å². The van der Waals surface area contributed by atoms with E-state index in [2.05, 4.69) is 46.8 Å². The number of amides is 1. The van der Waals surface area contributed by atoms with Gasteiger partial charge in [0.2, 0.25) is 5.91 Å². The van der Waals surface area contributed by atoms with E-state index in [1.807, 2.05) is 6.07 Å². The minimum absolute atomic E-state index is 0.0661. The van der Waals surface area contributed by atoms with Crippen LogP contribution in [0.5, 0.6) is 0 Å². The van der Waals surface area contributed by atoms with Gasteiger partial charge in [-0.1, -0.05) is 30.3 Å². The monoisotopic (exact) mass is 317 g/mol. The second-order valence-corrected chi connectivity index (χ2v) is 6.81. The molecule has 1 aliphatic heterocycles. The Morgan fingerprint density at radius 2 is 2.13 bits per heavy atom. The highest BCUT2D eigenvalue weighted by Crippen LogP contribution is 2.47.